The second kappa shape index (κ2) is 12.3. The fourth-order valence-corrected chi connectivity index (χ4v) is 4.22. The Balaban J connectivity index is 1.81. The van der Waals surface area contributed by atoms with Crippen LogP contribution in [0.3, 0.4) is 0 Å². The number of carbonyl (C=O) groups excluding carboxylic acids is 1. The minimum atomic E-state index is -0.482. The molecule has 0 saturated heterocycles. The van der Waals surface area contributed by atoms with Crippen LogP contribution in [-0.2, 0) is 11.8 Å². The summed E-state index contributed by atoms with van der Waals surface area (Å²) in [5.41, 5.74) is 1.96. The van der Waals surface area contributed by atoms with Crippen molar-refractivity contribution in [1.29, 1.82) is 0 Å². The summed E-state index contributed by atoms with van der Waals surface area (Å²) in [6.45, 7) is 8.40. The summed E-state index contributed by atoms with van der Waals surface area (Å²) in [5.74, 6) is -0.780. The van der Waals surface area contributed by atoms with Gasteiger partial charge in [0, 0.05) is 56.0 Å². The number of aryl methyl sites for hydroxylation is 1. The van der Waals surface area contributed by atoms with Gasteiger partial charge in [0.05, 0.1) is 17.5 Å². The van der Waals surface area contributed by atoms with E-state index in [0.717, 1.165) is 11.6 Å². The third-order valence-electron chi connectivity index (χ3n) is 6.24. The number of nitrogens with zero attached hydrogens (tertiary/aromatic N) is 7. The predicted octanol–water partition coefficient (Wildman–Crippen LogP) is 5.10. The molecule has 1 amide bonds. The van der Waals surface area contributed by atoms with Gasteiger partial charge in [-0.3, -0.25) is 4.79 Å². The molecule has 0 bridgehead atoms. The van der Waals surface area contributed by atoms with Gasteiger partial charge in [0.1, 0.15) is 11.5 Å². The minimum absolute atomic E-state index is 0.00737. The number of anilines is 4. The molecule has 0 aliphatic rings. The number of benzene rings is 1. The van der Waals surface area contributed by atoms with Crippen molar-refractivity contribution in [3.63, 3.8) is 0 Å². The minimum Gasteiger partial charge on any atom is -0.473 e. The van der Waals surface area contributed by atoms with Crippen LogP contribution in [0.5, 0.6) is 5.88 Å². The summed E-state index contributed by atoms with van der Waals surface area (Å²) >= 11 is 0. The number of halogens is 2. The Morgan fingerprint density at radius 1 is 1.17 bits per heavy atom. The van der Waals surface area contributed by atoms with Gasteiger partial charge in [-0.15, -0.1) is 5.12 Å². The Kier molecular flexibility index (Phi) is 8.82. The van der Waals surface area contributed by atoms with Crippen molar-refractivity contribution in [2.45, 2.75) is 20.0 Å². The van der Waals surface area contributed by atoms with E-state index in [1.54, 1.807) is 32.2 Å². The van der Waals surface area contributed by atoms with E-state index >= 15 is 4.48 Å². The van der Waals surface area contributed by atoms with E-state index in [9.17, 15) is 9.18 Å². The number of rotatable bonds is 11. The molecule has 0 atom stereocenters. The molecule has 1 N–H and O–H groups in total. The van der Waals surface area contributed by atoms with Crippen LogP contribution in [-0.4, -0.2) is 70.7 Å². The van der Waals surface area contributed by atoms with E-state index in [0.29, 0.717) is 35.6 Å². The summed E-state index contributed by atoms with van der Waals surface area (Å²) in [6, 6.07) is 7.53. The number of hydrogen-bond donors (Lipinski definition) is 1. The maximum absolute atomic E-state index is 16.2. The van der Waals surface area contributed by atoms with E-state index < -0.39 is 11.7 Å². The molecule has 0 spiro atoms. The molecular formula is C29H34F2N8O2. The Morgan fingerprint density at radius 2 is 1.93 bits per heavy atom. The predicted molar refractivity (Wildman–Crippen MR) is 158 cm³/mol. The van der Waals surface area contributed by atoms with Gasteiger partial charge in [0.2, 0.25) is 11.8 Å². The monoisotopic (exact) mass is 564 g/mol. The van der Waals surface area contributed by atoms with Gasteiger partial charge >= 0.3 is 0 Å². The molecule has 12 heteroatoms. The second-order valence-corrected chi connectivity index (χ2v) is 10.1. The van der Waals surface area contributed by atoms with Gasteiger partial charge < -0.3 is 24.4 Å². The lowest BCUT2D eigenvalue weighted by Gasteiger charge is -2.26. The Morgan fingerprint density at radius 3 is 2.61 bits per heavy atom. The lowest BCUT2D eigenvalue weighted by Crippen LogP contribution is -2.30. The normalized spacial score (nSPS) is 11.3. The van der Waals surface area contributed by atoms with Crippen molar-refractivity contribution in [3.05, 3.63) is 61.2 Å². The Bertz CT molecular complexity index is 1570. The van der Waals surface area contributed by atoms with Crippen LogP contribution >= 0.6 is 0 Å². The number of pyridine rings is 1. The fourth-order valence-electron chi connectivity index (χ4n) is 4.22. The van der Waals surface area contributed by atoms with Gasteiger partial charge in [0.15, 0.2) is 5.82 Å². The lowest BCUT2D eigenvalue weighted by atomic mass is 10.1. The summed E-state index contributed by atoms with van der Waals surface area (Å²) in [4.78, 5) is 29.3. The molecule has 0 saturated carbocycles. The molecule has 0 unspecified atom stereocenters. The number of carbonyl (C=O) groups is 1. The van der Waals surface area contributed by atoms with Crippen molar-refractivity contribution >= 4 is 40.0 Å². The van der Waals surface area contributed by atoms with Gasteiger partial charge in [-0.2, -0.15) is 4.98 Å². The zero-order valence-electron chi connectivity index (χ0n) is 24.0. The highest BCUT2D eigenvalue weighted by Gasteiger charge is 2.25. The topological polar surface area (TPSA) is 91.6 Å². The standard InChI is InChI=1S/C29H34F2N8O2/c1-8-26(40)33-23-16-25(28(41-18(2)3)35-27(23)37(6)14-13-36(4)5)39(31)29-32-12-11-22(34-29)21-17-38(7)24-10-9-19(30)15-20(21)24/h8-12,15-18H,1,13-14H2,2-7H3,(H,33,40). The molecule has 0 aliphatic heterocycles. The van der Waals surface area contributed by atoms with Crippen LogP contribution in [0.25, 0.3) is 22.2 Å². The molecule has 0 radical (unpaired) electrons. The number of aromatic nitrogens is 4. The number of fused-ring (bicyclic) bond motifs is 1. The van der Waals surface area contributed by atoms with Crippen molar-refractivity contribution < 1.29 is 18.4 Å². The van der Waals surface area contributed by atoms with Crippen LogP contribution in [0.2, 0.25) is 0 Å². The highest BCUT2D eigenvalue weighted by atomic mass is 19.2. The first kappa shape index (κ1) is 29.4. The summed E-state index contributed by atoms with van der Waals surface area (Å²) in [7, 11) is 7.55. The van der Waals surface area contributed by atoms with Gasteiger partial charge in [-0.05, 0) is 64.4 Å². The zero-order valence-corrected chi connectivity index (χ0v) is 24.0. The molecule has 216 valence electrons. The van der Waals surface area contributed by atoms with Crippen molar-refractivity contribution in [2.75, 3.05) is 49.6 Å². The second-order valence-electron chi connectivity index (χ2n) is 10.1. The summed E-state index contributed by atoms with van der Waals surface area (Å²) in [6.07, 6.45) is 4.01. The Labute approximate surface area is 237 Å². The summed E-state index contributed by atoms with van der Waals surface area (Å²) < 4.78 is 38.1. The molecule has 0 fully saturated rings. The maximum atomic E-state index is 16.2. The van der Waals surface area contributed by atoms with Gasteiger partial charge in [-0.25, -0.2) is 14.4 Å². The average molecular weight is 565 g/mol. The van der Waals surface area contributed by atoms with E-state index in [2.05, 4.69) is 26.8 Å². The fraction of sp³-hybridized carbons (Fsp3) is 0.310. The maximum Gasteiger partial charge on any atom is 0.259 e. The van der Waals surface area contributed by atoms with Gasteiger partial charge in [-0.1, -0.05) is 11.1 Å². The molecule has 3 aromatic heterocycles. The summed E-state index contributed by atoms with van der Waals surface area (Å²) in [5, 5.41) is 3.61. The van der Waals surface area contributed by atoms with Crippen molar-refractivity contribution in [1.82, 2.24) is 24.4 Å². The molecule has 10 nitrogen and oxygen atoms in total. The molecule has 0 aliphatic carbocycles. The van der Waals surface area contributed by atoms with Crippen LogP contribution in [0, 0.1) is 5.82 Å². The third-order valence-corrected chi connectivity index (χ3v) is 6.24. The van der Waals surface area contributed by atoms with E-state index in [1.807, 2.05) is 42.6 Å². The first-order chi connectivity index (χ1) is 19.5. The van der Waals surface area contributed by atoms with Crippen LogP contribution < -0.4 is 20.1 Å². The first-order valence-corrected chi connectivity index (χ1v) is 13.0. The highest BCUT2D eigenvalue weighted by molar-refractivity contribution is 6.01. The number of nitrogens with one attached hydrogen (secondary N) is 1. The van der Waals surface area contributed by atoms with Crippen LogP contribution in [0.1, 0.15) is 13.8 Å². The Hall–Kier alpha value is -4.58. The quantitative estimate of drug-likeness (QED) is 0.199. The van der Waals surface area contributed by atoms with E-state index in [4.69, 9.17) is 4.74 Å². The van der Waals surface area contributed by atoms with Crippen LogP contribution in [0.4, 0.5) is 32.0 Å². The van der Waals surface area contributed by atoms with E-state index in [1.165, 1.54) is 24.4 Å². The van der Waals surface area contributed by atoms with Crippen molar-refractivity contribution in [2.24, 2.45) is 7.05 Å². The molecule has 4 rings (SSSR count). The van der Waals surface area contributed by atoms with Gasteiger partial charge in [0.25, 0.3) is 5.95 Å². The smallest absolute Gasteiger partial charge is 0.259 e. The van der Waals surface area contributed by atoms with Crippen molar-refractivity contribution in [3.8, 4) is 17.1 Å². The average Bonchev–Trinajstić information content (AvgIpc) is 3.26. The SMILES string of the molecule is C=CC(=O)Nc1cc(N(F)c2nccc(-c3cn(C)c4ccc(F)cc34)n2)c(OC(C)C)nc1N(C)CCN(C)C. The molecule has 4 aromatic rings. The highest BCUT2D eigenvalue weighted by Crippen LogP contribution is 2.39. The number of hydrogen-bond acceptors (Lipinski definition) is 8. The molecule has 41 heavy (non-hydrogen) atoms. The van der Waals surface area contributed by atoms with Crippen LogP contribution in [0.15, 0.2) is 55.4 Å². The molecule has 3 heterocycles. The molecular weight excluding hydrogens is 530 g/mol. The number of amides is 1. The number of likely N-dealkylation sites (N-methyl/N-ethyl adjacent to an activating group) is 2. The first-order valence-electron chi connectivity index (χ1n) is 13.0. The largest absolute Gasteiger partial charge is 0.473 e. The lowest BCUT2D eigenvalue weighted by molar-refractivity contribution is -0.111. The molecule has 1 aromatic carbocycles. The number of ether oxygens (including phenoxy) is 1. The zero-order chi connectivity index (χ0) is 29.8. The third kappa shape index (κ3) is 6.60. The van der Waals surface area contributed by atoms with E-state index in [-0.39, 0.29) is 34.4 Å².